The highest BCUT2D eigenvalue weighted by molar-refractivity contribution is 7.92. The zero-order valence-corrected chi connectivity index (χ0v) is 14.6. The van der Waals surface area contributed by atoms with Gasteiger partial charge in [0, 0.05) is 13.1 Å². The molecule has 0 radical (unpaired) electrons. The molecule has 2 aromatic rings. The highest BCUT2D eigenvalue weighted by Crippen LogP contribution is 2.27. The van der Waals surface area contributed by atoms with Crippen LogP contribution in [0.4, 0.5) is 11.6 Å². The molecule has 3 rings (SSSR count). The molecule has 0 bridgehead atoms. The number of hydrogen-bond acceptors (Lipinski definition) is 6. The Hall–Kier alpha value is -2.06. The van der Waals surface area contributed by atoms with E-state index in [4.69, 9.17) is 16.3 Å². The van der Waals surface area contributed by atoms with Crippen LogP contribution in [0.15, 0.2) is 35.2 Å². The Morgan fingerprint density at radius 1 is 1.17 bits per heavy atom. The fourth-order valence-electron chi connectivity index (χ4n) is 2.51. The summed E-state index contributed by atoms with van der Waals surface area (Å²) in [5.74, 6) is 1.32. The minimum atomic E-state index is -3.80. The maximum Gasteiger partial charge on any atom is 0.263 e. The molecule has 1 aromatic carbocycles. The van der Waals surface area contributed by atoms with Gasteiger partial charge in [0.2, 0.25) is 0 Å². The maximum atomic E-state index is 12.4. The highest BCUT2D eigenvalue weighted by atomic mass is 35.5. The molecule has 2 heterocycles. The van der Waals surface area contributed by atoms with E-state index in [1.54, 1.807) is 12.1 Å². The normalized spacial score (nSPS) is 14.7. The van der Waals surface area contributed by atoms with Crippen molar-refractivity contribution in [2.45, 2.75) is 17.7 Å². The first kappa shape index (κ1) is 16.8. The summed E-state index contributed by atoms with van der Waals surface area (Å²) < 4.78 is 32.2. The lowest BCUT2D eigenvalue weighted by atomic mass is 10.3. The van der Waals surface area contributed by atoms with Crippen LogP contribution in [0.5, 0.6) is 5.75 Å². The molecule has 1 aliphatic rings. The number of halogens is 1. The maximum absolute atomic E-state index is 12.4. The smallest absolute Gasteiger partial charge is 0.263 e. The second-order valence-corrected chi connectivity index (χ2v) is 7.46. The number of ether oxygens (including phenoxy) is 1. The van der Waals surface area contributed by atoms with Crippen LogP contribution in [0.2, 0.25) is 5.02 Å². The second-order valence-electron chi connectivity index (χ2n) is 5.37. The third-order valence-corrected chi connectivity index (χ3v) is 5.40. The molecule has 0 atom stereocenters. The van der Waals surface area contributed by atoms with Gasteiger partial charge in [-0.2, -0.15) is 0 Å². The second kappa shape index (κ2) is 6.82. The van der Waals surface area contributed by atoms with Crippen LogP contribution in [0.25, 0.3) is 0 Å². The minimum Gasteiger partial charge on any atom is -0.495 e. The molecular weight excluding hydrogens is 352 g/mol. The lowest BCUT2D eigenvalue weighted by molar-refractivity contribution is 0.414. The molecule has 24 heavy (non-hydrogen) atoms. The quantitative estimate of drug-likeness (QED) is 0.873. The number of nitrogens with zero attached hydrogens (tertiary/aromatic N) is 3. The number of rotatable bonds is 5. The van der Waals surface area contributed by atoms with E-state index in [2.05, 4.69) is 19.8 Å². The fourth-order valence-corrected chi connectivity index (χ4v) is 3.85. The summed E-state index contributed by atoms with van der Waals surface area (Å²) >= 11 is 5.98. The summed E-state index contributed by atoms with van der Waals surface area (Å²) in [4.78, 5) is 2.15. The number of aromatic nitrogens is 2. The summed E-state index contributed by atoms with van der Waals surface area (Å²) in [5, 5.41) is 8.26. The number of anilines is 2. The topological polar surface area (TPSA) is 84.4 Å². The third-order valence-electron chi connectivity index (χ3n) is 3.75. The summed E-state index contributed by atoms with van der Waals surface area (Å²) in [7, 11) is -2.34. The number of hydrogen-bond donors (Lipinski definition) is 1. The fraction of sp³-hybridized carbons (Fsp3) is 0.333. The van der Waals surface area contributed by atoms with Gasteiger partial charge in [-0.05, 0) is 43.2 Å². The molecule has 0 saturated carbocycles. The van der Waals surface area contributed by atoms with Gasteiger partial charge in [-0.3, -0.25) is 4.72 Å². The van der Waals surface area contributed by atoms with Gasteiger partial charge in [0.15, 0.2) is 11.6 Å². The molecule has 128 valence electrons. The van der Waals surface area contributed by atoms with Crippen LogP contribution in [-0.4, -0.2) is 38.8 Å². The molecule has 1 aromatic heterocycles. The Morgan fingerprint density at radius 3 is 2.50 bits per heavy atom. The van der Waals surface area contributed by atoms with Crippen molar-refractivity contribution >= 4 is 33.3 Å². The van der Waals surface area contributed by atoms with E-state index in [-0.39, 0.29) is 15.7 Å². The SMILES string of the molecule is COc1ccc(S(=O)(=O)Nc2ccc(N3CCCC3)nn2)cc1Cl. The van der Waals surface area contributed by atoms with E-state index in [0.29, 0.717) is 5.75 Å². The van der Waals surface area contributed by atoms with Crippen LogP contribution < -0.4 is 14.4 Å². The molecule has 7 nitrogen and oxygen atoms in total. The molecule has 0 amide bonds. The van der Waals surface area contributed by atoms with Gasteiger partial charge in [0.25, 0.3) is 10.0 Å². The monoisotopic (exact) mass is 368 g/mol. The first-order valence-electron chi connectivity index (χ1n) is 7.44. The zero-order chi connectivity index (χ0) is 17.2. The van der Waals surface area contributed by atoms with Crippen molar-refractivity contribution in [3.05, 3.63) is 35.4 Å². The van der Waals surface area contributed by atoms with E-state index in [0.717, 1.165) is 31.7 Å². The Labute approximate surface area is 145 Å². The van der Waals surface area contributed by atoms with Crippen molar-refractivity contribution in [1.29, 1.82) is 0 Å². The van der Waals surface area contributed by atoms with Crippen molar-refractivity contribution in [2.75, 3.05) is 29.8 Å². The van der Waals surface area contributed by atoms with Gasteiger partial charge in [-0.1, -0.05) is 11.6 Å². The van der Waals surface area contributed by atoms with E-state index < -0.39 is 10.0 Å². The van der Waals surface area contributed by atoms with Crippen LogP contribution in [-0.2, 0) is 10.0 Å². The lowest BCUT2D eigenvalue weighted by Crippen LogP contribution is -2.20. The molecular formula is C15H17ClN4O3S. The predicted molar refractivity (Wildman–Crippen MR) is 92.3 cm³/mol. The first-order valence-corrected chi connectivity index (χ1v) is 9.31. The minimum absolute atomic E-state index is 0.0266. The van der Waals surface area contributed by atoms with Crippen LogP contribution in [0, 0.1) is 0 Å². The number of benzene rings is 1. The zero-order valence-electron chi connectivity index (χ0n) is 13.1. The van der Waals surface area contributed by atoms with Gasteiger partial charge >= 0.3 is 0 Å². The number of methoxy groups -OCH3 is 1. The van der Waals surface area contributed by atoms with Crippen molar-refractivity contribution in [1.82, 2.24) is 10.2 Å². The Bertz CT molecular complexity index is 821. The average molecular weight is 369 g/mol. The highest BCUT2D eigenvalue weighted by Gasteiger charge is 2.18. The molecule has 0 unspecified atom stereocenters. The molecule has 9 heteroatoms. The van der Waals surface area contributed by atoms with E-state index in [9.17, 15) is 8.42 Å². The third kappa shape index (κ3) is 3.54. The summed E-state index contributed by atoms with van der Waals surface area (Å²) in [6.07, 6.45) is 2.27. The first-order chi connectivity index (χ1) is 11.5. The number of nitrogens with one attached hydrogen (secondary N) is 1. The van der Waals surface area contributed by atoms with Gasteiger partial charge in [0.1, 0.15) is 5.75 Å². The molecule has 1 aliphatic heterocycles. The molecule has 1 saturated heterocycles. The largest absolute Gasteiger partial charge is 0.495 e. The average Bonchev–Trinajstić information content (AvgIpc) is 3.09. The van der Waals surface area contributed by atoms with Gasteiger partial charge < -0.3 is 9.64 Å². The molecule has 1 N–H and O–H groups in total. The van der Waals surface area contributed by atoms with E-state index >= 15 is 0 Å². The van der Waals surface area contributed by atoms with Gasteiger partial charge in [-0.15, -0.1) is 10.2 Å². The van der Waals surface area contributed by atoms with Crippen LogP contribution in [0.1, 0.15) is 12.8 Å². The lowest BCUT2D eigenvalue weighted by Gasteiger charge is -2.15. The summed E-state index contributed by atoms with van der Waals surface area (Å²) in [6.45, 7) is 1.90. The molecule has 0 spiro atoms. The van der Waals surface area contributed by atoms with Crippen molar-refractivity contribution in [3.8, 4) is 5.75 Å². The molecule has 1 fully saturated rings. The molecule has 0 aliphatic carbocycles. The van der Waals surface area contributed by atoms with Crippen molar-refractivity contribution < 1.29 is 13.2 Å². The van der Waals surface area contributed by atoms with Crippen LogP contribution in [0.3, 0.4) is 0 Å². The number of sulfonamides is 1. The van der Waals surface area contributed by atoms with Crippen molar-refractivity contribution in [2.24, 2.45) is 0 Å². The van der Waals surface area contributed by atoms with Gasteiger partial charge in [-0.25, -0.2) is 8.42 Å². The standard InChI is InChI=1S/C15H17ClN4O3S/c1-23-13-5-4-11(10-12(13)16)24(21,22)19-14-6-7-15(18-17-14)20-8-2-3-9-20/h4-7,10H,2-3,8-9H2,1H3,(H,17,19). The predicted octanol–water partition coefficient (Wildman–Crippen LogP) is 2.54. The Morgan fingerprint density at radius 2 is 1.92 bits per heavy atom. The van der Waals surface area contributed by atoms with E-state index in [1.807, 2.05) is 0 Å². The Kier molecular flexibility index (Phi) is 4.77. The van der Waals surface area contributed by atoms with E-state index in [1.165, 1.54) is 25.3 Å². The van der Waals surface area contributed by atoms with Gasteiger partial charge in [0.05, 0.1) is 17.0 Å². The van der Waals surface area contributed by atoms with Crippen molar-refractivity contribution in [3.63, 3.8) is 0 Å². The Balaban J connectivity index is 1.77. The summed E-state index contributed by atoms with van der Waals surface area (Å²) in [6, 6.07) is 7.60. The van der Waals surface area contributed by atoms with Crippen LogP contribution >= 0.6 is 11.6 Å². The summed E-state index contributed by atoms with van der Waals surface area (Å²) in [5.41, 5.74) is 0.